The maximum Gasteiger partial charge on any atom is 0.225 e. The van der Waals surface area contributed by atoms with E-state index in [1.165, 1.54) is 13.2 Å². The predicted molar refractivity (Wildman–Crippen MR) is 70.8 cm³/mol. The molecule has 1 aromatic rings. The summed E-state index contributed by atoms with van der Waals surface area (Å²) in [5.41, 5.74) is 6.31. The molecule has 0 saturated heterocycles. The van der Waals surface area contributed by atoms with Gasteiger partial charge in [0, 0.05) is 24.2 Å². The van der Waals surface area contributed by atoms with Gasteiger partial charge in [-0.25, -0.2) is 0 Å². The second-order valence-corrected chi connectivity index (χ2v) is 4.19. The summed E-state index contributed by atoms with van der Waals surface area (Å²) in [5, 5.41) is 12.3. The van der Waals surface area contributed by atoms with Gasteiger partial charge in [0.05, 0.1) is 7.11 Å². The van der Waals surface area contributed by atoms with Crippen LogP contribution >= 0.6 is 0 Å². The van der Waals surface area contributed by atoms with E-state index < -0.39 is 0 Å². The van der Waals surface area contributed by atoms with E-state index in [9.17, 15) is 9.90 Å². The van der Waals surface area contributed by atoms with Crippen LogP contribution in [-0.2, 0) is 4.79 Å². The summed E-state index contributed by atoms with van der Waals surface area (Å²) >= 11 is 0. The van der Waals surface area contributed by atoms with Gasteiger partial charge in [-0.15, -0.1) is 0 Å². The normalized spacial score (nSPS) is 11.9. The first-order valence-corrected chi connectivity index (χ1v) is 5.99. The quantitative estimate of drug-likeness (QED) is 0.721. The fourth-order valence-corrected chi connectivity index (χ4v) is 1.69. The van der Waals surface area contributed by atoms with Crippen molar-refractivity contribution in [3.63, 3.8) is 0 Å². The number of phenolic OH excluding ortho intramolecular Hbond substituents is 1. The van der Waals surface area contributed by atoms with Gasteiger partial charge in [0.2, 0.25) is 5.91 Å². The third kappa shape index (κ3) is 4.25. The van der Waals surface area contributed by atoms with Crippen LogP contribution in [0.1, 0.15) is 26.2 Å². The number of hydrogen-bond acceptors (Lipinski definition) is 4. The molecule has 0 aromatic heterocycles. The highest BCUT2D eigenvalue weighted by molar-refractivity contribution is 5.91. The van der Waals surface area contributed by atoms with E-state index in [-0.39, 0.29) is 24.1 Å². The van der Waals surface area contributed by atoms with Crippen LogP contribution in [0.2, 0.25) is 0 Å². The van der Waals surface area contributed by atoms with Crippen molar-refractivity contribution in [3.05, 3.63) is 18.2 Å². The van der Waals surface area contributed by atoms with E-state index in [1.807, 2.05) is 6.92 Å². The second kappa shape index (κ2) is 6.86. The number of carbonyl (C=O) groups excluding carboxylic acids is 1. The molecule has 1 aromatic carbocycles. The Morgan fingerprint density at radius 2 is 2.28 bits per heavy atom. The van der Waals surface area contributed by atoms with Gasteiger partial charge in [0.25, 0.3) is 0 Å². The number of methoxy groups -OCH3 is 1. The summed E-state index contributed by atoms with van der Waals surface area (Å²) in [5.74, 6) is 0.212. The molecule has 0 radical (unpaired) electrons. The molecule has 18 heavy (non-hydrogen) atoms. The van der Waals surface area contributed by atoms with Gasteiger partial charge < -0.3 is 20.9 Å². The van der Waals surface area contributed by atoms with Crippen molar-refractivity contribution in [3.8, 4) is 11.5 Å². The second-order valence-electron chi connectivity index (χ2n) is 4.19. The number of phenols is 1. The van der Waals surface area contributed by atoms with E-state index in [0.29, 0.717) is 11.4 Å². The standard InChI is InChI=1S/C13H20N2O3/c1-3-4-9(14)7-13(17)15-10-5-6-12(18-2)11(16)8-10/h5-6,8-9,16H,3-4,7,14H2,1-2H3,(H,15,17). The van der Waals surface area contributed by atoms with E-state index >= 15 is 0 Å². The number of benzene rings is 1. The van der Waals surface area contributed by atoms with Crippen LogP contribution in [0.5, 0.6) is 11.5 Å². The van der Waals surface area contributed by atoms with Crippen LogP contribution in [0.4, 0.5) is 5.69 Å². The Kier molecular flexibility index (Phi) is 5.45. The minimum absolute atomic E-state index is 0.00634. The molecular formula is C13H20N2O3. The summed E-state index contributed by atoms with van der Waals surface area (Å²) in [6.45, 7) is 2.03. The van der Waals surface area contributed by atoms with Gasteiger partial charge in [-0.1, -0.05) is 13.3 Å². The zero-order valence-electron chi connectivity index (χ0n) is 10.8. The molecule has 4 N–H and O–H groups in total. The Hall–Kier alpha value is -1.75. The van der Waals surface area contributed by atoms with Crippen LogP contribution in [0.15, 0.2) is 18.2 Å². The molecule has 1 amide bonds. The van der Waals surface area contributed by atoms with E-state index in [1.54, 1.807) is 12.1 Å². The number of anilines is 1. The first-order valence-electron chi connectivity index (χ1n) is 5.99. The maximum atomic E-state index is 11.7. The Labute approximate surface area is 107 Å². The smallest absolute Gasteiger partial charge is 0.225 e. The molecule has 5 nitrogen and oxygen atoms in total. The van der Waals surface area contributed by atoms with Gasteiger partial charge in [0.1, 0.15) is 0 Å². The molecule has 0 heterocycles. The topological polar surface area (TPSA) is 84.6 Å². The Balaban J connectivity index is 2.57. The van der Waals surface area contributed by atoms with Gasteiger partial charge in [0.15, 0.2) is 11.5 Å². The summed E-state index contributed by atoms with van der Waals surface area (Å²) in [4.78, 5) is 11.7. The molecule has 0 spiro atoms. The van der Waals surface area contributed by atoms with Crippen LogP contribution in [-0.4, -0.2) is 24.2 Å². The molecule has 0 aliphatic carbocycles. The first kappa shape index (κ1) is 14.3. The highest BCUT2D eigenvalue weighted by atomic mass is 16.5. The largest absolute Gasteiger partial charge is 0.504 e. The number of aromatic hydroxyl groups is 1. The lowest BCUT2D eigenvalue weighted by molar-refractivity contribution is -0.116. The Morgan fingerprint density at radius 1 is 1.56 bits per heavy atom. The highest BCUT2D eigenvalue weighted by Gasteiger charge is 2.10. The lowest BCUT2D eigenvalue weighted by Gasteiger charge is -2.11. The average molecular weight is 252 g/mol. The molecule has 1 unspecified atom stereocenters. The van der Waals surface area contributed by atoms with Crippen LogP contribution < -0.4 is 15.8 Å². The van der Waals surface area contributed by atoms with Gasteiger partial charge in [-0.05, 0) is 18.6 Å². The number of nitrogens with one attached hydrogen (secondary N) is 1. The molecule has 0 saturated carbocycles. The summed E-state index contributed by atoms with van der Waals surface area (Å²) in [6, 6.07) is 4.59. The average Bonchev–Trinajstić information content (AvgIpc) is 2.29. The van der Waals surface area contributed by atoms with Gasteiger partial charge >= 0.3 is 0 Å². The van der Waals surface area contributed by atoms with E-state index in [0.717, 1.165) is 12.8 Å². The lowest BCUT2D eigenvalue weighted by Crippen LogP contribution is -2.26. The van der Waals surface area contributed by atoms with Gasteiger partial charge in [-0.2, -0.15) is 0 Å². The van der Waals surface area contributed by atoms with Crippen LogP contribution in [0.25, 0.3) is 0 Å². The summed E-state index contributed by atoms with van der Waals surface area (Å²) in [7, 11) is 1.47. The maximum absolute atomic E-state index is 11.7. The number of carbonyl (C=O) groups is 1. The molecule has 0 aliphatic heterocycles. The third-order valence-corrected chi connectivity index (χ3v) is 2.57. The van der Waals surface area contributed by atoms with Crippen molar-refractivity contribution in [2.75, 3.05) is 12.4 Å². The molecule has 5 heteroatoms. The molecular weight excluding hydrogens is 232 g/mol. The molecule has 100 valence electrons. The van der Waals surface area contributed by atoms with Crippen molar-refractivity contribution >= 4 is 11.6 Å². The molecule has 0 aliphatic rings. The highest BCUT2D eigenvalue weighted by Crippen LogP contribution is 2.28. The van der Waals surface area contributed by atoms with E-state index in [2.05, 4.69) is 5.32 Å². The predicted octanol–water partition coefficient (Wildman–Crippen LogP) is 1.86. The SMILES string of the molecule is CCCC(N)CC(=O)Nc1ccc(OC)c(O)c1. The monoisotopic (exact) mass is 252 g/mol. The Morgan fingerprint density at radius 3 is 2.83 bits per heavy atom. The van der Waals surface area contributed by atoms with Crippen LogP contribution in [0, 0.1) is 0 Å². The van der Waals surface area contributed by atoms with Crippen molar-refractivity contribution in [1.29, 1.82) is 0 Å². The third-order valence-electron chi connectivity index (χ3n) is 2.57. The minimum Gasteiger partial charge on any atom is -0.504 e. The van der Waals surface area contributed by atoms with Crippen LogP contribution in [0.3, 0.4) is 0 Å². The molecule has 0 bridgehead atoms. The fraction of sp³-hybridized carbons (Fsp3) is 0.462. The zero-order valence-corrected chi connectivity index (χ0v) is 10.8. The summed E-state index contributed by atoms with van der Waals surface area (Å²) in [6.07, 6.45) is 2.06. The van der Waals surface area contributed by atoms with E-state index in [4.69, 9.17) is 10.5 Å². The summed E-state index contributed by atoms with van der Waals surface area (Å²) < 4.78 is 4.92. The lowest BCUT2D eigenvalue weighted by atomic mass is 10.1. The van der Waals surface area contributed by atoms with Crippen molar-refractivity contribution in [2.45, 2.75) is 32.2 Å². The van der Waals surface area contributed by atoms with Crippen molar-refractivity contribution in [2.24, 2.45) is 5.73 Å². The Bertz CT molecular complexity index is 407. The van der Waals surface area contributed by atoms with Crippen molar-refractivity contribution in [1.82, 2.24) is 0 Å². The number of amides is 1. The fourth-order valence-electron chi connectivity index (χ4n) is 1.69. The van der Waals surface area contributed by atoms with Gasteiger partial charge in [-0.3, -0.25) is 4.79 Å². The number of hydrogen-bond donors (Lipinski definition) is 3. The number of ether oxygens (including phenoxy) is 1. The zero-order chi connectivity index (χ0) is 13.5. The molecule has 1 rings (SSSR count). The first-order chi connectivity index (χ1) is 8.56. The molecule has 0 fully saturated rings. The number of nitrogens with two attached hydrogens (primary N) is 1. The van der Waals surface area contributed by atoms with Crippen molar-refractivity contribution < 1.29 is 14.6 Å². The minimum atomic E-state index is -0.152. The number of rotatable bonds is 6. The molecule has 1 atom stereocenters.